The number of nitrogens with zero attached hydrogens (tertiary/aromatic N) is 3. The third-order valence-corrected chi connectivity index (χ3v) is 4.67. The van der Waals surface area contributed by atoms with Crippen molar-refractivity contribution in [2.75, 3.05) is 6.54 Å². The predicted molar refractivity (Wildman–Crippen MR) is 97.5 cm³/mol. The standard InChI is InChI=1S/C19H28N4O3/c1-12(24)15-9-14-11-22(6-5-7-23(14)21-15)10-13-8-16(18(20)25)26-17(13)19(2,3)4/h8-9,12,24H,5-7,10-11H2,1-4H3,(H2,20,25)/t12-/m0/s1. The third-order valence-electron chi connectivity index (χ3n) is 4.67. The van der Waals surface area contributed by atoms with Gasteiger partial charge in [0.15, 0.2) is 5.76 Å². The Labute approximate surface area is 153 Å². The van der Waals surface area contributed by atoms with Crippen LogP contribution < -0.4 is 5.73 Å². The summed E-state index contributed by atoms with van der Waals surface area (Å²) < 4.78 is 7.75. The predicted octanol–water partition coefficient (Wildman–Crippen LogP) is 2.33. The summed E-state index contributed by atoms with van der Waals surface area (Å²) >= 11 is 0. The van der Waals surface area contributed by atoms with Crippen LogP contribution in [0.1, 0.15) is 73.5 Å². The van der Waals surface area contributed by atoms with Crippen molar-refractivity contribution in [1.29, 1.82) is 0 Å². The number of fused-ring (bicyclic) bond motifs is 1. The molecule has 0 saturated heterocycles. The zero-order valence-electron chi connectivity index (χ0n) is 16.0. The highest BCUT2D eigenvalue weighted by atomic mass is 16.4. The van der Waals surface area contributed by atoms with Crippen molar-refractivity contribution in [2.45, 2.75) is 65.3 Å². The topological polar surface area (TPSA) is 97.5 Å². The minimum absolute atomic E-state index is 0.209. The van der Waals surface area contributed by atoms with Crippen molar-refractivity contribution in [3.05, 3.63) is 40.6 Å². The number of primary amides is 1. The molecule has 1 aliphatic rings. The van der Waals surface area contributed by atoms with Crippen molar-refractivity contribution in [3.8, 4) is 0 Å². The van der Waals surface area contributed by atoms with E-state index in [9.17, 15) is 9.90 Å². The molecule has 0 aliphatic carbocycles. The van der Waals surface area contributed by atoms with Gasteiger partial charge in [-0.15, -0.1) is 0 Å². The van der Waals surface area contributed by atoms with E-state index in [2.05, 4.69) is 30.8 Å². The quantitative estimate of drug-likeness (QED) is 0.872. The lowest BCUT2D eigenvalue weighted by molar-refractivity contribution is 0.0970. The zero-order valence-corrected chi connectivity index (χ0v) is 16.0. The second kappa shape index (κ2) is 6.89. The second-order valence-electron chi connectivity index (χ2n) is 8.10. The molecule has 0 fully saturated rings. The fourth-order valence-corrected chi connectivity index (χ4v) is 3.43. The second-order valence-corrected chi connectivity index (χ2v) is 8.10. The molecule has 0 radical (unpaired) electrons. The Morgan fingerprint density at radius 2 is 2.12 bits per heavy atom. The van der Waals surface area contributed by atoms with Crippen LogP contribution in [0.2, 0.25) is 0 Å². The first-order chi connectivity index (χ1) is 12.1. The van der Waals surface area contributed by atoms with Crippen molar-refractivity contribution in [3.63, 3.8) is 0 Å². The van der Waals surface area contributed by atoms with Gasteiger partial charge in [-0.05, 0) is 25.5 Å². The van der Waals surface area contributed by atoms with Gasteiger partial charge in [-0.1, -0.05) is 20.8 Å². The Balaban J connectivity index is 1.85. The van der Waals surface area contributed by atoms with Crippen LogP contribution in [-0.2, 0) is 25.0 Å². The number of hydrogen-bond acceptors (Lipinski definition) is 5. The number of aliphatic hydroxyl groups is 1. The number of aromatic nitrogens is 2. The van der Waals surface area contributed by atoms with E-state index in [0.717, 1.165) is 43.1 Å². The van der Waals surface area contributed by atoms with Crippen LogP contribution >= 0.6 is 0 Å². The Bertz CT molecular complexity index is 798. The molecule has 3 rings (SSSR count). The van der Waals surface area contributed by atoms with E-state index in [1.54, 1.807) is 13.0 Å². The smallest absolute Gasteiger partial charge is 0.284 e. The first-order valence-electron chi connectivity index (χ1n) is 9.05. The molecule has 0 unspecified atom stereocenters. The zero-order chi connectivity index (χ0) is 19.1. The molecule has 26 heavy (non-hydrogen) atoms. The maximum Gasteiger partial charge on any atom is 0.284 e. The number of aliphatic hydroxyl groups excluding tert-OH is 1. The highest BCUT2D eigenvalue weighted by molar-refractivity contribution is 5.90. The summed E-state index contributed by atoms with van der Waals surface area (Å²) in [5, 5.41) is 14.3. The Hall–Kier alpha value is -2.12. The maximum atomic E-state index is 11.6. The Morgan fingerprint density at radius 1 is 1.38 bits per heavy atom. The summed E-state index contributed by atoms with van der Waals surface area (Å²) in [5.74, 6) is 0.465. The van der Waals surface area contributed by atoms with Gasteiger partial charge in [0.1, 0.15) is 5.76 Å². The molecule has 1 atom stereocenters. The molecule has 142 valence electrons. The number of aryl methyl sites for hydroxylation is 1. The number of carbonyl (C=O) groups is 1. The summed E-state index contributed by atoms with van der Waals surface area (Å²) in [5.41, 5.74) is 7.99. The summed E-state index contributed by atoms with van der Waals surface area (Å²) in [4.78, 5) is 13.9. The number of hydrogen-bond donors (Lipinski definition) is 2. The Morgan fingerprint density at radius 3 is 2.73 bits per heavy atom. The molecule has 3 heterocycles. The van der Waals surface area contributed by atoms with Crippen LogP contribution in [0.5, 0.6) is 0 Å². The van der Waals surface area contributed by atoms with Gasteiger partial charge < -0.3 is 15.3 Å². The lowest BCUT2D eigenvalue weighted by Gasteiger charge is -2.22. The molecule has 3 N–H and O–H groups in total. The molecule has 7 heteroatoms. The van der Waals surface area contributed by atoms with Crippen LogP contribution in [-0.4, -0.2) is 32.2 Å². The van der Waals surface area contributed by atoms with Crippen LogP contribution in [0.3, 0.4) is 0 Å². The molecule has 2 aromatic rings. The molecular formula is C19H28N4O3. The summed E-state index contributed by atoms with van der Waals surface area (Å²) in [6.45, 7) is 11.1. The molecular weight excluding hydrogens is 332 g/mol. The van der Waals surface area contributed by atoms with Gasteiger partial charge >= 0.3 is 0 Å². The molecule has 1 amide bonds. The van der Waals surface area contributed by atoms with Crippen molar-refractivity contribution in [2.24, 2.45) is 5.73 Å². The summed E-state index contributed by atoms with van der Waals surface area (Å²) in [6.07, 6.45) is 0.404. The average Bonchev–Trinajstić information content (AvgIpc) is 3.07. The summed E-state index contributed by atoms with van der Waals surface area (Å²) in [7, 11) is 0. The van der Waals surface area contributed by atoms with E-state index in [1.807, 2.05) is 10.7 Å². The fraction of sp³-hybridized carbons (Fsp3) is 0.579. The third kappa shape index (κ3) is 3.83. The van der Waals surface area contributed by atoms with E-state index in [-0.39, 0.29) is 11.2 Å². The first kappa shape index (κ1) is 18.7. The minimum atomic E-state index is -0.567. The molecule has 0 saturated carbocycles. The van der Waals surface area contributed by atoms with Gasteiger partial charge in [-0.3, -0.25) is 14.4 Å². The van der Waals surface area contributed by atoms with E-state index >= 15 is 0 Å². The van der Waals surface area contributed by atoms with Gasteiger partial charge in [-0.25, -0.2) is 0 Å². The molecule has 1 aliphatic heterocycles. The van der Waals surface area contributed by atoms with Crippen LogP contribution in [0.4, 0.5) is 0 Å². The van der Waals surface area contributed by atoms with Gasteiger partial charge in [0, 0.05) is 37.2 Å². The average molecular weight is 360 g/mol. The molecule has 7 nitrogen and oxygen atoms in total. The molecule has 0 bridgehead atoms. The maximum absolute atomic E-state index is 11.6. The normalized spacial score (nSPS) is 17.0. The van der Waals surface area contributed by atoms with E-state index in [0.29, 0.717) is 12.2 Å². The van der Waals surface area contributed by atoms with Gasteiger partial charge in [0.25, 0.3) is 5.91 Å². The highest BCUT2D eigenvalue weighted by Crippen LogP contribution is 2.30. The minimum Gasteiger partial charge on any atom is -0.455 e. The molecule has 0 aromatic carbocycles. The fourth-order valence-electron chi connectivity index (χ4n) is 3.43. The number of nitrogens with two attached hydrogens (primary N) is 1. The largest absolute Gasteiger partial charge is 0.455 e. The van der Waals surface area contributed by atoms with Gasteiger partial charge in [0.2, 0.25) is 0 Å². The number of rotatable bonds is 4. The van der Waals surface area contributed by atoms with E-state index in [1.165, 1.54) is 0 Å². The van der Waals surface area contributed by atoms with Gasteiger partial charge in [0.05, 0.1) is 17.5 Å². The SMILES string of the molecule is C[C@H](O)c1cc2n(n1)CCCN(Cc1cc(C(N)=O)oc1C(C)(C)C)C2. The summed E-state index contributed by atoms with van der Waals surface area (Å²) in [6, 6.07) is 3.74. The number of amides is 1. The first-order valence-corrected chi connectivity index (χ1v) is 9.05. The van der Waals surface area contributed by atoms with Crippen LogP contribution in [0.25, 0.3) is 0 Å². The van der Waals surface area contributed by atoms with Crippen LogP contribution in [0.15, 0.2) is 16.5 Å². The lowest BCUT2D eigenvalue weighted by Crippen LogP contribution is -2.24. The van der Waals surface area contributed by atoms with E-state index < -0.39 is 12.0 Å². The van der Waals surface area contributed by atoms with Gasteiger partial charge in [-0.2, -0.15) is 5.10 Å². The van der Waals surface area contributed by atoms with Crippen molar-refractivity contribution < 1.29 is 14.3 Å². The number of furan rings is 1. The lowest BCUT2D eigenvalue weighted by atomic mass is 9.90. The van der Waals surface area contributed by atoms with E-state index in [4.69, 9.17) is 10.2 Å². The molecule has 0 spiro atoms. The highest BCUT2D eigenvalue weighted by Gasteiger charge is 2.27. The monoisotopic (exact) mass is 360 g/mol. The van der Waals surface area contributed by atoms with Crippen LogP contribution in [0, 0.1) is 0 Å². The number of carbonyl (C=O) groups excluding carboxylic acids is 1. The van der Waals surface area contributed by atoms with Crippen molar-refractivity contribution >= 4 is 5.91 Å². The molecule has 2 aromatic heterocycles. The Kier molecular flexibility index (Phi) is 4.94. The van der Waals surface area contributed by atoms with Crippen molar-refractivity contribution in [1.82, 2.24) is 14.7 Å².